The van der Waals surface area contributed by atoms with Crippen LogP contribution in [-0.2, 0) is 10.0 Å². The van der Waals surface area contributed by atoms with Crippen molar-refractivity contribution in [3.8, 4) is 16.9 Å². The molecule has 0 aliphatic carbocycles. The van der Waals surface area contributed by atoms with Gasteiger partial charge in [0.15, 0.2) is 0 Å². The molecule has 0 saturated carbocycles. The maximum Gasteiger partial charge on any atom is 0.232 e. The Morgan fingerprint density at radius 1 is 1.29 bits per heavy atom. The first-order valence-electron chi connectivity index (χ1n) is 7.21. The molecule has 8 heteroatoms. The summed E-state index contributed by atoms with van der Waals surface area (Å²) in [4.78, 5) is 4.09. The summed E-state index contributed by atoms with van der Waals surface area (Å²) in [7, 11) is -1.92. The number of halogens is 2. The van der Waals surface area contributed by atoms with Crippen molar-refractivity contribution >= 4 is 43.2 Å². The second-order valence-electron chi connectivity index (χ2n) is 5.72. The van der Waals surface area contributed by atoms with E-state index in [1.165, 1.54) is 7.11 Å². The maximum atomic E-state index is 12.2. The molecule has 0 radical (unpaired) electrons. The highest BCUT2D eigenvalue weighted by molar-refractivity contribution is 9.10. The monoisotopic (exact) mass is 432 g/mol. The van der Waals surface area contributed by atoms with Crippen LogP contribution in [0, 0.1) is 5.92 Å². The third kappa shape index (κ3) is 5.09. The molecule has 0 bridgehead atoms. The van der Waals surface area contributed by atoms with Gasteiger partial charge in [-0.05, 0) is 45.6 Å². The van der Waals surface area contributed by atoms with Gasteiger partial charge in [0.2, 0.25) is 10.0 Å². The van der Waals surface area contributed by atoms with E-state index in [9.17, 15) is 8.42 Å². The minimum atomic E-state index is -3.44. The molecule has 1 aromatic heterocycles. The quantitative estimate of drug-likeness (QED) is 0.678. The summed E-state index contributed by atoms with van der Waals surface area (Å²) in [6.07, 6.45) is 1.60. The number of sulfonamides is 1. The van der Waals surface area contributed by atoms with Crippen LogP contribution in [0.2, 0.25) is 5.15 Å². The predicted molar refractivity (Wildman–Crippen MR) is 101 cm³/mol. The lowest BCUT2D eigenvalue weighted by Gasteiger charge is -2.13. The average Bonchev–Trinajstić information content (AvgIpc) is 2.47. The van der Waals surface area contributed by atoms with Gasteiger partial charge in [-0.15, -0.1) is 0 Å². The number of benzene rings is 1. The van der Waals surface area contributed by atoms with E-state index in [0.717, 1.165) is 4.47 Å². The molecular weight excluding hydrogens is 416 g/mol. The molecule has 2 rings (SSSR count). The Morgan fingerprint density at radius 3 is 2.62 bits per heavy atom. The summed E-state index contributed by atoms with van der Waals surface area (Å²) in [6.45, 7) is 3.70. The van der Waals surface area contributed by atoms with E-state index in [4.69, 9.17) is 16.3 Å². The Hall–Kier alpha value is -1.31. The molecular formula is C16H18BrClN2O3S. The highest BCUT2D eigenvalue weighted by Gasteiger charge is 2.15. The first-order chi connectivity index (χ1) is 11.2. The van der Waals surface area contributed by atoms with E-state index in [1.807, 2.05) is 19.9 Å². The van der Waals surface area contributed by atoms with E-state index < -0.39 is 10.0 Å². The van der Waals surface area contributed by atoms with Crippen LogP contribution >= 0.6 is 27.5 Å². The van der Waals surface area contributed by atoms with E-state index >= 15 is 0 Å². The molecule has 1 N–H and O–H groups in total. The first kappa shape index (κ1) is 19.0. The van der Waals surface area contributed by atoms with Crippen LogP contribution in [0.25, 0.3) is 11.1 Å². The summed E-state index contributed by atoms with van der Waals surface area (Å²) in [6, 6.07) is 6.92. The van der Waals surface area contributed by atoms with Crippen LogP contribution < -0.4 is 9.46 Å². The molecule has 1 aromatic carbocycles. The van der Waals surface area contributed by atoms with Crippen LogP contribution in [0.1, 0.15) is 13.8 Å². The highest BCUT2D eigenvalue weighted by atomic mass is 79.9. The number of nitrogens with one attached hydrogen (secondary N) is 1. The van der Waals surface area contributed by atoms with Gasteiger partial charge in [-0.3, -0.25) is 4.72 Å². The number of ether oxygens (including phenoxy) is 1. The number of anilines is 1. The molecule has 0 atom stereocenters. The zero-order valence-electron chi connectivity index (χ0n) is 13.5. The fraction of sp³-hybridized carbons (Fsp3) is 0.312. The Bertz CT molecular complexity index is 841. The van der Waals surface area contributed by atoms with Crippen LogP contribution in [0.15, 0.2) is 34.9 Å². The molecule has 24 heavy (non-hydrogen) atoms. The van der Waals surface area contributed by atoms with E-state index in [2.05, 4.69) is 25.6 Å². The standard InChI is InChI=1S/C16H18BrClN2O3S/c1-10(2)9-24(21,22)20-13-4-11(5-14(7-13)23-3)15-6-12(17)8-19-16(15)18/h4-8,10,20H,9H2,1-3H3. The molecule has 0 unspecified atom stereocenters. The summed E-state index contributed by atoms with van der Waals surface area (Å²) in [5.74, 6) is 0.584. The smallest absolute Gasteiger partial charge is 0.232 e. The van der Waals surface area contributed by atoms with Crippen LogP contribution in [-0.4, -0.2) is 26.3 Å². The maximum absolute atomic E-state index is 12.2. The van der Waals surface area contributed by atoms with Crippen molar-refractivity contribution in [2.45, 2.75) is 13.8 Å². The third-order valence-corrected chi connectivity index (χ3v) is 5.47. The first-order valence-corrected chi connectivity index (χ1v) is 10.0. The summed E-state index contributed by atoms with van der Waals surface area (Å²) >= 11 is 9.53. The van der Waals surface area contributed by atoms with Crippen molar-refractivity contribution in [1.82, 2.24) is 4.98 Å². The largest absolute Gasteiger partial charge is 0.497 e. The van der Waals surface area contributed by atoms with Crippen LogP contribution in [0.5, 0.6) is 5.75 Å². The second kappa shape index (κ2) is 7.72. The van der Waals surface area contributed by atoms with Crippen molar-refractivity contribution in [2.75, 3.05) is 17.6 Å². The SMILES string of the molecule is COc1cc(NS(=O)(=O)CC(C)C)cc(-c2cc(Br)cnc2Cl)c1. The van der Waals surface area contributed by atoms with Crippen LogP contribution in [0.4, 0.5) is 5.69 Å². The van der Waals surface area contributed by atoms with E-state index in [0.29, 0.717) is 27.7 Å². The van der Waals surface area contributed by atoms with Gasteiger partial charge in [0.25, 0.3) is 0 Å². The van der Waals surface area contributed by atoms with Gasteiger partial charge in [0.1, 0.15) is 10.9 Å². The topological polar surface area (TPSA) is 68.3 Å². The van der Waals surface area contributed by atoms with Gasteiger partial charge in [-0.25, -0.2) is 13.4 Å². The number of pyridine rings is 1. The number of hydrogen-bond donors (Lipinski definition) is 1. The molecule has 0 saturated heterocycles. The van der Waals surface area contributed by atoms with Gasteiger partial charge < -0.3 is 4.74 Å². The molecule has 0 aliphatic rings. The number of methoxy groups -OCH3 is 1. The van der Waals surface area contributed by atoms with Gasteiger partial charge in [-0.2, -0.15) is 0 Å². The Balaban J connectivity index is 2.47. The normalized spacial score (nSPS) is 11.6. The lowest BCUT2D eigenvalue weighted by Crippen LogP contribution is -2.20. The highest BCUT2D eigenvalue weighted by Crippen LogP contribution is 2.34. The fourth-order valence-corrected chi connectivity index (χ4v) is 4.20. The van der Waals surface area contributed by atoms with Crippen molar-refractivity contribution < 1.29 is 13.2 Å². The molecule has 0 spiro atoms. The van der Waals surface area contributed by atoms with Crippen molar-refractivity contribution in [3.63, 3.8) is 0 Å². The van der Waals surface area contributed by atoms with Gasteiger partial charge in [-0.1, -0.05) is 25.4 Å². The van der Waals surface area contributed by atoms with E-state index in [-0.39, 0.29) is 11.7 Å². The zero-order chi connectivity index (χ0) is 17.9. The Kier molecular flexibility index (Phi) is 6.11. The minimum absolute atomic E-state index is 0.0244. The predicted octanol–water partition coefficient (Wildman–Crippen LogP) is 4.57. The summed E-state index contributed by atoms with van der Waals surface area (Å²) < 4.78 is 33.0. The molecule has 2 aromatic rings. The summed E-state index contributed by atoms with van der Waals surface area (Å²) in [5, 5.41) is 0.322. The number of rotatable bonds is 6. The Morgan fingerprint density at radius 2 is 2.00 bits per heavy atom. The van der Waals surface area contributed by atoms with E-state index in [1.54, 1.807) is 24.4 Å². The fourth-order valence-electron chi connectivity index (χ4n) is 2.22. The average molecular weight is 434 g/mol. The molecule has 0 fully saturated rings. The Labute approximate surface area is 155 Å². The summed E-state index contributed by atoms with van der Waals surface area (Å²) in [5.41, 5.74) is 1.80. The lowest BCUT2D eigenvalue weighted by molar-refractivity contribution is 0.415. The molecule has 0 aliphatic heterocycles. The lowest BCUT2D eigenvalue weighted by atomic mass is 10.1. The molecule has 0 amide bonds. The van der Waals surface area contributed by atoms with Crippen molar-refractivity contribution in [1.29, 1.82) is 0 Å². The van der Waals surface area contributed by atoms with Crippen LogP contribution in [0.3, 0.4) is 0 Å². The van der Waals surface area contributed by atoms with Crippen molar-refractivity contribution in [3.05, 3.63) is 40.1 Å². The number of hydrogen-bond acceptors (Lipinski definition) is 4. The molecule has 130 valence electrons. The zero-order valence-corrected chi connectivity index (χ0v) is 16.7. The second-order valence-corrected chi connectivity index (χ2v) is 8.76. The third-order valence-electron chi connectivity index (χ3n) is 3.09. The molecule has 1 heterocycles. The number of aromatic nitrogens is 1. The van der Waals surface area contributed by atoms with Gasteiger partial charge >= 0.3 is 0 Å². The minimum Gasteiger partial charge on any atom is -0.497 e. The van der Waals surface area contributed by atoms with Crippen molar-refractivity contribution in [2.24, 2.45) is 5.92 Å². The number of nitrogens with zero attached hydrogens (tertiary/aromatic N) is 1. The molecule has 5 nitrogen and oxygen atoms in total. The van der Waals surface area contributed by atoms with Gasteiger partial charge in [0.05, 0.1) is 18.6 Å². The van der Waals surface area contributed by atoms with Gasteiger partial charge in [0, 0.05) is 22.3 Å².